The summed E-state index contributed by atoms with van der Waals surface area (Å²) in [5.41, 5.74) is -1.33. The minimum atomic E-state index is -4.62. The molecule has 0 aliphatic rings. The molecule has 1 amide bonds. The minimum Gasteiger partial charge on any atom is -0.452 e. The van der Waals surface area contributed by atoms with Crippen molar-refractivity contribution in [1.82, 2.24) is 0 Å². The second kappa shape index (κ2) is 9.07. The Labute approximate surface area is 166 Å². The van der Waals surface area contributed by atoms with Gasteiger partial charge in [-0.15, -0.1) is 0 Å². The third-order valence-electron chi connectivity index (χ3n) is 3.30. The SMILES string of the molecule is O=C(COC(=O)C=Cc1c(F)cccc1Cl)Nc1cc(C(F)(F)F)ccc1Cl. The molecule has 0 aromatic heterocycles. The van der Waals surface area contributed by atoms with Crippen LogP contribution in [0, 0.1) is 5.82 Å². The smallest absolute Gasteiger partial charge is 0.416 e. The first kappa shape index (κ1) is 21.7. The van der Waals surface area contributed by atoms with Crippen LogP contribution >= 0.6 is 23.2 Å². The second-order valence-corrected chi connectivity index (χ2v) is 6.13. The Hall–Kier alpha value is -2.58. The molecule has 2 aromatic rings. The molecule has 0 saturated heterocycles. The summed E-state index contributed by atoms with van der Waals surface area (Å²) in [7, 11) is 0. The summed E-state index contributed by atoms with van der Waals surface area (Å²) >= 11 is 11.5. The molecular weight excluding hydrogens is 425 g/mol. The van der Waals surface area contributed by atoms with Gasteiger partial charge in [-0.1, -0.05) is 29.3 Å². The highest BCUT2D eigenvalue weighted by Gasteiger charge is 2.31. The Morgan fingerprint density at radius 3 is 2.46 bits per heavy atom. The number of alkyl halides is 3. The predicted octanol–water partition coefficient (Wildman–Crippen LogP) is 5.35. The molecule has 1 N–H and O–H groups in total. The van der Waals surface area contributed by atoms with E-state index in [1.54, 1.807) is 0 Å². The lowest BCUT2D eigenvalue weighted by atomic mass is 10.2. The monoisotopic (exact) mass is 435 g/mol. The number of hydrogen-bond acceptors (Lipinski definition) is 3. The van der Waals surface area contributed by atoms with E-state index in [1.807, 2.05) is 0 Å². The Morgan fingerprint density at radius 1 is 1.11 bits per heavy atom. The van der Waals surface area contributed by atoms with Crippen molar-refractivity contribution < 1.29 is 31.9 Å². The van der Waals surface area contributed by atoms with Gasteiger partial charge < -0.3 is 10.1 Å². The maximum atomic E-state index is 13.6. The fourth-order valence-corrected chi connectivity index (χ4v) is 2.38. The van der Waals surface area contributed by atoms with Gasteiger partial charge in [-0.05, 0) is 36.4 Å². The normalized spacial score (nSPS) is 11.5. The van der Waals surface area contributed by atoms with Gasteiger partial charge in [-0.3, -0.25) is 4.79 Å². The number of amides is 1. The number of nitrogens with one attached hydrogen (secondary N) is 1. The van der Waals surface area contributed by atoms with E-state index in [1.165, 1.54) is 12.1 Å². The van der Waals surface area contributed by atoms with Crippen molar-refractivity contribution in [2.75, 3.05) is 11.9 Å². The molecule has 0 atom stereocenters. The summed E-state index contributed by atoms with van der Waals surface area (Å²) in [4.78, 5) is 23.4. The molecule has 0 spiro atoms. The second-order valence-electron chi connectivity index (χ2n) is 5.32. The lowest BCUT2D eigenvalue weighted by Crippen LogP contribution is -2.20. The van der Waals surface area contributed by atoms with Gasteiger partial charge in [-0.2, -0.15) is 13.2 Å². The van der Waals surface area contributed by atoms with Crippen molar-refractivity contribution in [1.29, 1.82) is 0 Å². The number of anilines is 1. The number of esters is 1. The topological polar surface area (TPSA) is 55.4 Å². The molecule has 0 aliphatic carbocycles. The van der Waals surface area contributed by atoms with Crippen LogP contribution in [0.2, 0.25) is 10.0 Å². The van der Waals surface area contributed by atoms with Gasteiger partial charge >= 0.3 is 12.1 Å². The van der Waals surface area contributed by atoms with Crippen molar-refractivity contribution in [3.8, 4) is 0 Å². The molecule has 0 aliphatic heterocycles. The standard InChI is InChI=1S/C18H11Cl2F4NO3/c19-12-2-1-3-14(21)11(12)5-7-17(27)28-9-16(26)25-15-8-10(18(22,23)24)4-6-13(15)20/h1-8H,9H2,(H,25,26). The largest absolute Gasteiger partial charge is 0.452 e. The van der Waals surface area contributed by atoms with E-state index in [4.69, 9.17) is 23.2 Å². The van der Waals surface area contributed by atoms with Crippen molar-refractivity contribution in [2.45, 2.75) is 6.18 Å². The molecule has 0 heterocycles. The average molecular weight is 436 g/mol. The fraction of sp³-hybridized carbons (Fsp3) is 0.111. The number of carbonyl (C=O) groups excluding carboxylic acids is 2. The Kier molecular flexibility index (Phi) is 7.04. The number of ether oxygens (including phenoxy) is 1. The van der Waals surface area contributed by atoms with E-state index in [9.17, 15) is 27.2 Å². The first-order valence-corrected chi connectivity index (χ1v) is 8.29. The first-order chi connectivity index (χ1) is 13.1. The maximum absolute atomic E-state index is 13.6. The Morgan fingerprint density at radius 2 is 1.82 bits per heavy atom. The third kappa shape index (κ3) is 5.97. The fourth-order valence-electron chi connectivity index (χ4n) is 1.99. The predicted molar refractivity (Wildman–Crippen MR) is 96.5 cm³/mol. The quantitative estimate of drug-likeness (QED) is 0.391. The highest BCUT2D eigenvalue weighted by molar-refractivity contribution is 6.33. The van der Waals surface area contributed by atoms with Crippen LogP contribution in [-0.2, 0) is 20.5 Å². The molecule has 0 unspecified atom stereocenters. The summed E-state index contributed by atoms with van der Waals surface area (Å²) in [6.45, 7) is -0.791. The lowest BCUT2D eigenvalue weighted by molar-refractivity contribution is -0.142. The van der Waals surface area contributed by atoms with Gasteiger partial charge in [-0.25, -0.2) is 9.18 Å². The zero-order chi connectivity index (χ0) is 20.9. The Balaban J connectivity index is 1.96. The van der Waals surface area contributed by atoms with E-state index in [0.717, 1.165) is 30.4 Å². The molecule has 148 valence electrons. The van der Waals surface area contributed by atoms with E-state index < -0.39 is 36.0 Å². The summed E-state index contributed by atoms with van der Waals surface area (Å²) in [5.74, 6) is -2.55. The van der Waals surface area contributed by atoms with Crippen molar-refractivity contribution in [2.24, 2.45) is 0 Å². The van der Waals surface area contributed by atoms with E-state index in [-0.39, 0.29) is 21.3 Å². The number of hydrogen-bond donors (Lipinski definition) is 1. The van der Waals surface area contributed by atoms with Crippen molar-refractivity contribution in [3.05, 3.63) is 69.5 Å². The van der Waals surface area contributed by atoms with Crippen molar-refractivity contribution >= 4 is 46.8 Å². The van der Waals surface area contributed by atoms with Crippen LogP contribution in [0.5, 0.6) is 0 Å². The molecule has 0 saturated carbocycles. The zero-order valence-corrected chi connectivity index (χ0v) is 15.3. The average Bonchev–Trinajstić information content (AvgIpc) is 2.60. The third-order valence-corrected chi connectivity index (χ3v) is 3.96. The maximum Gasteiger partial charge on any atom is 0.416 e. The van der Waals surface area contributed by atoms with Gasteiger partial charge in [0.1, 0.15) is 5.82 Å². The van der Waals surface area contributed by atoms with E-state index in [2.05, 4.69) is 10.1 Å². The highest BCUT2D eigenvalue weighted by atomic mass is 35.5. The van der Waals surface area contributed by atoms with Crippen LogP contribution in [-0.4, -0.2) is 18.5 Å². The molecule has 4 nitrogen and oxygen atoms in total. The number of halogens is 6. The van der Waals surface area contributed by atoms with Gasteiger partial charge in [0.25, 0.3) is 5.91 Å². The lowest BCUT2D eigenvalue weighted by Gasteiger charge is -2.11. The van der Waals surface area contributed by atoms with Crippen LogP contribution in [0.15, 0.2) is 42.5 Å². The first-order valence-electron chi connectivity index (χ1n) is 7.53. The van der Waals surface area contributed by atoms with Crippen LogP contribution in [0.1, 0.15) is 11.1 Å². The van der Waals surface area contributed by atoms with Crippen LogP contribution in [0.3, 0.4) is 0 Å². The molecule has 2 rings (SSSR count). The van der Waals surface area contributed by atoms with Crippen LogP contribution in [0.4, 0.5) is 23.2 Å². The molecular formula is C18H11Cl2F4NO3. The number of rotatable bonds is 5. The summed E-state index contributed by atoms with van der Waals surface area (Å²) in [6.07, 6.45) is -2.69. The van der Waals surface area contributed by atoms with Gasteiger partial charge in [0.2, 0.25) is 0 Å². The Bertz CT molecular complexity index is 909. The van der Waals surface area contributed by atoms with Crippen molar-refractivity contribution in [3.63, 3.8) is 0 Å². The van der Waals surface area contributed by atoms with Gasteiger partial charge in [0.15, 0.2) is 6.61 Å². The summed E-state index contributed by atoms with van der Waals surface area (Å²) in [5, 5.41) is 2.06. The molecule has 0 bridgehead atoms. The number of carbonyl (C=O) groups is 2. The molecule has 28 heavy (non-hydrogen) atoms. The molecule has 0 fully saturated rings. The van der Waals surface area contributed by atoms with Crippen LogP contribution in [0.25, 0.3) is 6.08 Å². The van der Waals surface area contributed by atoms with Gasteiger partial charge in [0, 0.05) is 11.6 Å². The van der Waals surface area contributed by atoms with Gasteiger partial charge in [0.05, 0.1) is 21.3 Å². The highest BCUT2D eigenvalue weighted by Crippen LogP contribution is 2.33. The summed E-state index contributed by atoms with van der Waals surface area (Å²) < 4.78 is 56.3. The molecule has 2 aromatic carbocycles. The molecule has 10 heteroatoms. The van der Waals surface area contributed by atoms with E-state index >= 15 is 0 Å². The van der Waals surface area contributed by atoms with E-state index in [0.29, 0.717) is 6.07 Å². The van der Waals surface area contributed by atoms with Crippen LogP contribution < -0.4 is 5.32 Å². The zero-order valence-electron chi connectivity index (χ0n) is 13.8. The summed E-state index contributed by atoms with van der Waals surface area (Å²) in [6, 6.07) is 6.34. The number of benzene rings is 2. The molecule has 0 radical (unpaired) electrons. The minimum absolute atomic E-state index is 0.0404.